The summed E-state index contributed by atoms with van der Waals surface area (Å²) in [5.74, 6) is 3.20. The highest BCUT2D eigenvalue weighted by molar-refractivity contribution is 5.93. The van der Waals surface area contributed by atoms with Crippen LogP contribution in [0.2, 0.25) is 0 Å². The van der Waals surface area contributed by atoms with Crippen LogP contribution in [0.4, 0.5) is 0 Å². The molecule has 5 heteroatoms. The van der Waals surface area contributed by atoms with Gasteiger partial charge < -0.3 is 18.9 Å². The van der Waals surface area contributed by atoms with Crippen LogP contribution in [0, 0.1) is 0 Å². The lowest BCUT2D eigenvalue weighted by molar-refractivity contribution is -0.686. The van der Waals surface area contributed by atoms with E-state index in [1.807, 2.05) is 12.1 Å². The maximum atomic E-state index is 6.05. The summed E-state index contributed by atoms with van der Waals surface area (Å²) in [4.78, 5) is 0. The van der Waals surface area contributed by atoms with E-state index in [0.717, 1.165) is 63.6 Å². The molecule has 0 saturated carbocycles. The fourth-order valence-corrected chi connectivity index (χ4v) is 5.62. The van der Waals surface area contributed by atoms with Gasteiger partial charge in [0.1, 0.15) is 0 Å². The van der Waals surface area contributed by atoms with Crippen LogP contribution >= 0.6 is 0 Å². The van der Waals surface area contributed by atoms with Crippen LogP contribution in [-0.2, 0) is 13.0 Å². The molecule has 7 rings (SSSR count). The third-order valence-corrected chi connectivity index (χ3v) is 7.43. The van der Waals surface area contributed by atoms with Crippen molar-refractivity contribution in [2.75, 3.05) is 21.0 Å². The number of aryl methyl sites for hydroxylation is 1. The van der Waals surface area contributed by atoms with Crippen molar-refractivity contribution in [1.82, 2.24) is 0 Å². The molecule has 2 aliphatic heterocycles. The zero-order chi connectivity index (χ0) is 24.9. The monoisotopic (exact) mass is 488 g/mol. The van der Waals surface area contributed by atoms with Gasteiger partial charge in [-0.25, -0.2) is 0 Å². The Balaban J connectivity index is 1.39. The number of pyridine rings is 1. The molecule has 0 saturated heterocycles. The molecule has 2 aliphatic rings. The van der Waals surface area contributed by atoms with Gasteiger partial charge in [-0.05, 0) is 40.3 Å². The van der Waals surface area contributed by atoms with Crippen LogP contribution in [0.5, 0.6) is 23.0 Å². The molecule has 0 radical (unpaired) electrons. The van der Waals surface area contributed by atoms with E-state index in [1.165, 1.54) is 22.3 Å². The average Bonchev–Trinajstić information content (AvgIpc) is 3.46. The fourth-order valence-electron chi connectivity index (χ4n) is 5.62. The minimum Gasteiger partial charge on any atom is -0.493 e. The molecule has 0 unspecified atom stereocenters. The first-order valence-corrected chi connectivity index (χ1v) is 12.4. The Bertz CT molecular complexity index is 1660. The Morgan fingerprint density at radius 2 is 1.49 bits per heavy atom. The van der Waals surface area contributed by atoms with Gasteiger partial charge in [-0.1, -0.05) is 54.6 Å². The smallest absolute Gasteiger partial charge is 0.231 e. The minimum absolute atomic E-state index is 0.246. The number of hydrogen-bond donors (Lipinski definition) is 0. The topological polar surface area (TPSA) is 40.8 Å². The zero-order valence-corrected chi connectivity index (χ0v) is 20.8. The summed E-state index contributed by atoms with van der Waals surface area (Å²) < 4.78 is 25.6. The van der Waals surface area contributed by atoms with Gasteiger partial charge in [0.2, 0.25) is 12.5 Å². The largest absolute Gasteiger partial charge is 0.493 e. The summed E-state index contributed by atoms with van der Waals surface area (Å²) in [5.41, 5.74) is 8.08. The second-order valence-corrected chi connectivity index (χ2v) is 9.36. The average molecular weight is 489 g/mol. The molecule has 182 valence electrons. The first kappa shape index (κ1) is 21.7. The quantitative estimate of drug-likeness (QED) is 0.273. The number of methoxy groups -OCH3 is 2. The molecular weight excluding hydrogens is 462 g/mol. The molecule has 0 atom stereocenters. The highest BCUT2D eigenvalue weighted by Gasteiger charge is 2.33. The summed E-state index contributed by atoms with van der Waals surface area (Å²) in [7, 11) is 3.36. The van der Waals surface area contributed by atoms with E-state index in [0.29, 0.717) is 0 Å². The van der Waals surface area contributed by atoms with Crippen molar-refractivity contribution in [2.24, 2.45) is 0 Å². The lowest BCUT2D eigenvalue weighted by Crippen LogP contribution is -2.40. The van der Waals surface area contributed by atoms with Crippen LogP contribution in [0.25, 0.3) is 44.3 Å². The van der Waals surface area contributed by atoms with Crippen LogP contribution in [-0.4, -0.2) is 21.0 Å². The van der Waals surface area contributed by atoms with Crippen molar-refractivity contribution in [3.63, 3.8) is 0 Å². The second kappa shape index (κ2) is 8.56. The first-order chi connectivity index (χ1) is 18.2. The van der Waals surface area contributed by atoms with Crippen molar-refractivity contribution < 1.29 is 23.5 Å². The Morgan fingerprint density at radius 1 is 0.730 bits per heavy atom. The summed E-state index contributed by atoms with van der Waals surface area (Å²) in [6, 6.07) is 27.6. The number of rotatable bonds is 4. The van der Waals surface area contributed by atoms with Crippen molar-refractivity contribution in [3.8, 4) is 56.5 Å². The predicted molar refractivity (Wildman–Crippen MR) is 143 cm³/mol. The number of aromatic nitrogens is 1. The lowest BCUT2D eigenvalue weighted by Gasteiger charge is -2.20. The molecule has 3 heterocycles. The molecule has 0 bridgehead atoms. The molecule has 0 spiro atoms. The Kier molecular flexibility index (Phi) is 5.03. The van der Waals surface area contributed by atoms with E-state index in [1.54, 1.807) is 14.2 Å². The molecule has 0 fully saturated rings. The number of benzene rings is 4. The molecular formula is C32H26NO4+. The molecule has 5 aromatic rings. The number of nitrogens with zero attached hydrogens (tertiary/aromatic N) is 1. The van der Waals surface area contributed by atoms with E-state index in [4.69, 9.17) is 18.9 Å². The Hall–Kier alpha value is -4.51. The molecule has 0 N–H and O–H groups in total. The number of fused-ring (bicyclic) bond motifs is 6. The molecule has 0 amide bonds. The van der Waals surface area contributed by atoms with Crippen molar-refractivity contribution >= 4 is 10.8 Å². The number of ether oxygens (including phenoxy) is 4. The molecule has 4 aromatic carbocycles. The zero-order valence-electron chi connectivity index (χ0n) is 20.8. The first-order valence-electron chi connectivity index (χ1n) is 12.4. The summed E-state index contributed by atoms with van der Waals surface area (Å²) >= 11 is 0. The van der Waals surface area contributed by atoms with Gasteiger partial charge in [0.15, 0.2) is 35.7 Å². The molecule has 0 aliphatic carbocycles. The van der Waals surface area contributed by atoms with Gasteiger partial charge in [0.05, 0.1) is 25.2 Å². The van der Waals surface area contributed by atoms with E-state index < -0.39 is 0 Å². The normalized spacial score (nSPS) is 13.2. The molecule has 37 heavy (non-hydrogen) atoms. The third-order valence-electron chi connectivity index (χ3n) is 7.43. The van der Waals surface area contributed by atoms with Crippen molar-refractivity contribution in [1.29, 1.82) is 0 Å². The van der Waals surface area contributed by atoms with Crippen LogP contribution in [0.1, 0.15) is 5.56 Å². The fraction of sp³-hybridized carbons (Fsp3) is 0.156. The summed E-state index contributed by atoms with van der Waals surface area (Å²) in [6.07, 6.45) is 3.04. The Morgan fingerprint density at radius 3 is 2.27 bits per heavy atom. The van der Waals surface area contributed by atoms with Gasteiger partial charge in [-0.2, -0.15) is 4.57 Å². The van der Waals surface area contributed by atoms with E-state index in [-0.39, 0.29) is 6.79 Å². The maximum absolute atomic E-state index is 6.05. The van der Waals surface area contributed by atoms with Crippen molar-refractivity contribution in [3.05, 3.63) is 90.6 Å². The highest BCUT2D eigenvalue weighted by Crippen LogP contribution is 2.49. The predicted octanol–water partition coefficient (Wildman–Crippen LogP) is 6.43. The van der Waals surface area contributed by atoms with E-state index in [9.17, 15) is 0 Å². The molecule has 5 nitrogen and oxygen atoms in total. The SMILES string of the molecule is COc1ccc2cc3[n+](cc2c1OC)CCc1c-3cc(-c2ccc(-c3ccccc3)cc2)c2c1OCO2. The third kappa shape index (κ3) is 3.42. The van der Waals surface area contributed by atoms with E-state index in [2.05, 4.69) is 77.5 Å². The maximum Gasteiger partial charge on any atom is 0.231 e. The highest BCUT2D eigenvalue weighted by atomic mass is 16.7. The van der Waals surface area contributed by atoms with Gasteiger partial charge >= 0.3 is 0 Å². The number of hydrogen-bond acceptors (Lipinski definition) is 4. The summed E-state index contributed by atoms with van der Waals surface area (Å²) in [5, 5.41) is 2.13. The lowest BCUT2D eigenvalue weighted by atomic mass is 9.90. The van der Waals surface area contributed by atoms with E-state index >= 15 is 0 Å². The molecule has 1 aromatic heterocycles. The van der Waals surface area contributed by atoms with Crippen LogP contribution in [0.3, 0.4) is 0 Å². The van der Waals surface area contributed by atoms with Crippen molar-refractivity contribution in [2.45, 2.75) is 13.0 Å². The van der Waals surface area contributed by atoms with Crippen LogP contribution < -0.4 is 23.5 Å². The summed E-state index contributed by atoms with van der Waals surface area (Å²) in [6.45, 7) is 1.09. The van der Waals surface area contributed by atoms with Gasteiger partial charge in [-0.15, -0.1) is 0 Å². The van der Waals surface area contributed by atoms with Crippen LogP contribution in [0.15, 0.2) is 85.1 Å². The Labute approximate surface area is 215 Å². The second-order valence-electron chi connectivity index (χ2n) is 9.36. The van der Waals surface area contributed by atoms with Gasteiger partial charge in [0.25, 0.3) is 0 Å². The van der Waals surface area contributed by atoms with Gasteiger partial charge in [0, 0.05) is 23.6 Å². The van der Waals surface area contributed by atoms with Gasteiger partial charge in [-0.3, -0.25) is 0 Å². The standard InChI is InChI=1S/C32H26NO4/c1-34-29-13-12-23-16-28-26-17-25(22-10-8-21(9-11-22)20-6-4-3-5-7-20)32-31(36-19-37-32)24(26)14-15-33(28)18-27(23)30(29)35-2/h3-13,16-18H,14-15,19H2,1-2H3/q+1. The minimum atomic E-state index is 0.246.